The van der Waals surface area contributed by atoms with Crippen molar-refractivity contribution in [2.24, 2.45) is 0 Å². The second-order valence-corrected chi connectivity index (χ2v) is 14.6. The van der Waals surface area contributed by atoms with Crippen molar-refractivity contribution in [2.75, 3.05) is 0 Å². The first-order chi connectivity index (χ1) is 26.3. The van der Waals surface area contributed by atoms with Gasteiger partial charge in [0.05, 0.1) is 27.8 Å². The summed E-state index contributed by atoms with van der Waals surface area (Å²) >= 11 is 1.88. The van der Waals surface area contributed by atoms with Gasteiger partial charge in [0.2, 0.25) is 0 Å². The molecule has 0 amide bonds. The van der Waals surface area contributed by atoms with E-state index in [2.05, 4.69) is 197 Å². The van der Waals surface area contributed by atoms with E-state index in [1.54, 1.807) is 0 Å². The van der Waals surface area contributed by atoms with Gasteiger partial charge in [-0.2, -0.15) is 0 Å². The summed E-state index contributed by atoms with van der Waals surface area (Å²) in [5.74, 6) is 0.913. The van der Waals surface area contributed by atoms with Crippen molar-refractivity contribution < 1.29 is 0 Å². The zero-order chi connectivity index (χ0) is 34.9. The summed E-state index contributed by atoms with van der Waals surface area (Å²) in [7, 11) is 0. The van der Waals surface area contributed by atoms with Gasteiger partial charge in [-0.3, -0.25) is 4.57 Å². The summed E-state index contributed by atoms with van der Waals surface area (Å²) in [6.07, 6.45) is 0. The molecule has 0 bridgehead atoms. The van der Waals surface area contributed by atoms with E-state index in [9.17, 15) is 0 Å². The second-order valence-electron chi connectivity index (χ2n) is 13.6. The maximum absolute atomic E-state index is 5.28. The van der Waals surface area contributed by atoms with Crippen LogP contribution in [-0.2, 0) is 0 Å². The van der Waals surface area contributed by atoms with E-state index >= 15 is 0 Å². The van der Waals surface area contributed by atoms with Crippen molar-refractivity contribution in [3.8, 4) is 45.0 Å². The lowest BCUT2D eigenvalue weighted by Crippen LogP contribution is -2.01. The molecule has 0 saturated heterocycles. The standard InChI is InChI=1S/C49H31N3S/c1-2-14-32(15-3-1)36-18-4-8-24-43(36)52-46-26-10-7-23-42(46)50-49(52)34-16-12-17-35(30-34)51-44-25-9-5-19-38(44)41-31-33(28-29-45(41)51)37-21-13-22-40-39-20-6-11-27-47(39)53-48(37)40/h1-31H. The Morgan fingerprint density at radius 3 is 2.00 bits per heavy atom. The molecule has 53 heavy (non-hydrogen) atoms. The maximum atomic E-state index is 5.28. The van der Waals surface area contributed by atoms with Crippen LogP contribution in [0.15, 0.2) is 188 Å². The first-order valence-corrected chi connectivity index (χ1v) is 18.8. The highest BCUT2D eigenvalue weighted by molar-refractivity contribution is 7.26. The van der Waals surface area contributed by atoms with Gasteiger partial charge in [-0.25, -0.2) is 4.98 Å². The highest BCUT2D eigenvalue weighted by atomic mass is 32.1. The lowest BCUT2D eigenvalue weighted by Gasteiger charge is -2.16. The molecule has 0 unspecified atom stereocenters. The highest BCUT2D eigenvalue weighted by Crippen LogP contribution is 2.42. The van der Waals surface area contributed by atoms with Gasteiger partial charge in [0, 0.05) is 47.8 Å². The van der Waals surface area contributed by atoms with Gasteiger partial charge >= 0.3 is 0 Å². The van der Waals surface area contributed by atoms with E-state index in [4.69, 9.17) is 4.98 Å². The fraction of sp³-hybridized carbons (Fsp3) is 0. The molecule has 248 valence electrons. The van der Waals surface area contributed by atoms with Gasteiger partial charge < -0.3 is 4.57 Å². The Morgan fingerprint density at radius 1 is 0.396 bits per heavy atom. The molecule has 4 heteroatoms. The van der Waals surface area contributed by atoms with Crippen LogP contribution in [0.1, 0.15) is 0 Å². The predicted octanol–water partition coefficient (Wildman–Crippen LogP) is 13.5. The molecule has 0 saturated carbocycles. The Hall–Kier alpha value is -6.75. The van der Waals surface area contributed by atoms with E-state index in [0.29, 0.717) is 0 Å². The van der Waals surface area contributed by atoms with Crippen LogP contribution in [0.25, 0.3) is 98.0 Å². The van der Waals surface area contributed by atoms with E-state index < -0.39 is 0 Å². The van der Waals surface area contributed by atoms with Crippen molar-refractivity contribution in [1.29, 1.82) is 0 Å². The smallest absolute Gasteiger partial charge is 0.145 e. The van der Waals surface area contributed by atoms with Crippen molar-refractivity contribution in [3.63, 3.8) is 0 Å². The molecule has 0 radical (unpaired) electrons. The molecule has 3 nitrogen and oxygen atoms in total. The van der Waals surface area contributed by atoms with Gasteiger partial charge in [-0.1, -0.05) is 133 Å². The molecule has 3 aromatic heterocycles. The molecule has 8 aromatic carbocycles. The summed E-state index contributed by atoms with van der Waals surface area (Å²) in [4.78, 5) is 5.28. The van der Waals surface area contributed by atoms with Crippen molar-refractivity contribution >= 4 is 64.3 Å². The zero-order valence-corrected chi connectivity index (χ0v) is 29.5. The average molecular weight is 694 g/mol. The Bertz CT molecular complexity index is 3180. The van der Waals surface area contributed by atoms with Crippen LogP contribution in [0, 0.1) is 0 Å². The minimum Gasteiger partial charge on any atom is -0.309 e. The molecule has 0 aliphatic rings. The number of hydrogen-bond donors (Lipinski definition) is 0. The Balaban J connectivity index is 1.10. The Labute approximate surface area is 310 Å². The SMILES string of the molecule is c1ccc(-c2ccccc2-n2c(-c3cccc(-n4c5ccccc5c5cc(-c6cccc7c6sc6ccccc67)ccc54)c3)nc3ccccc32)cc1. The molecule has 0 aliphatic heterocycles. The summed E-state index contributed by atoms with van der Waals surface area (Å²) in [5.41, 5.74) is 12.5. The van der Waals surface area contributed by atoms with Gasteiger partial charge in [-0.15, -0.1) is 11.3 Å². The van der Waals surface area contributed by atoms with E-state index in [-0.39, 0.29) is 0 Å². The molecular weight excluding hydrogens is 663 g/mol. The number of nitrogens with zero attached hydrogens (tertiary/aromatic N) is 3. The van der Waals surface area contributed by atoms with Gasteiger partial charge in [-0.05, 0) is 71.3 Å². The van der Waals surface area contributed by atoms with Gasteiger partial charge in [0.1, 0.15) is 5.82 Å². The highest BCUT2D eigenvalue weighted by Gasteiger charge is 2.20. The molecule has 0 fully saturated rings. The molecule has 0 N–H and O–H groups in total. The first kappa shape index (κ1) is 29.9. The largest absolute Gasteiger partial charge is 0.309 e. The van der Waals surface area contributed by atoms with Crippen molar-refractivity contribution in [1.82, 2.24) is 14.1 Å². The number of fused-ring (bicyclic) bond motifs is 7. The number of rotatable bonds is 5. The molecule has 11 aromatic rings. The number of imidazole rings is 1. The third-order valence-electron chi connectivity index (χ3n) is 10.5. The van der Waals surface area contributed by atoms with Crippen LogP contribution >= 0.6 is 11.3 Å². The number of para-hydroxylation sites is 4. The minimum atomic E-state index is 0.913. The van der Waals surface area contributed by atoms with Crippen LogP contribution in [-0.4, -0.2) is 14.1 Å². The van der Waals surface area contributed by atoms with E-state index in [1.807, 2.05) is 11.3 Å². The van der Waals surface area contributed by atoms with E-state index in [0.717, 1.165) is 39.4 Å². The first-order valence-electron chi connectivity index (χ1n) is 18.0. The zero-order valence-electron chi connectivity index (χ0n) is 28.6. The molecular formula is C49H31N3S. The quantitative estimate of drug-likeness (QED) is 0.176. The number of benzene rings is 8. The topological polar surface area (TPSA) is 22.8 Å². The summed E-state index contributed by atoms with van der Waals surface area (Å²) in [5, 5.41) is 5.12. The van der Waals surface area contributed by atoms with Crippen LogP contribution in [0.3, 0.4) is 0 Å². The van der Waals surface area contributed by atoms with Crippen molar-refractivity contribution in [2.45, 2.75) is 0 Å². The Kier molecular flexibility index (Phi) is 6.73. The summed E-state index contributed by atoms with van der Waals surface area (Å²) in [6, 6.07) is 67.7. The molecule has 3 heterocycles. The van der Waals surface area contributed by atoms with Gasteiger partial charge in [0.15, 0.2) is 0 Å². The lowest BCUT2D eigenvalue weighted by molar-refractivity contribution is 1.10. The molecule has 11 rings (SSSR count). The summed E-state index contributed by atoms with van der Waals surface area (Å²) < 4.78 is 7.39. The van der Waals surface area contributed by atoms with Crippen LogP contribution in [0.5, 0.6) is 0 Å². The lowest BCUT2D eigenvalue weighted by atomic mass is 10.0. The fourth-order valence-electron chi connectivity index (χ4n) is 8.17. The third-order valence-corrected chi connectivity index (χ3v) is 11.8. The van der Waals surface area contributed by atoms with E-state index in [1.165, 1.54) is 58.7 Å². The Morgan fingerprint density at radius 2 is 1.08 bits per heavy atom. The normalized spacial score (nSPS) is 11.8. The number of hydrogen-bond acceptors (Lipinski definition) is 2. The third kappa shape index (κ3) is 4.70. The average Bonchev–Trinajstić information content (AvgIpc) is 3.91. The summed E-state index contributed by atoms with van der Waals surface area (Å²) in [6.45, 7) is 0. The van der Waals surface area contributed by atoms with Crippen LogP contribution in [0.2, 0.25) is 0 Å². The minimum absolute atomic E-state index is 0.913. The second kappa shape index (κ2) is 11.9. The molecule has 0 spiro atoms. The number of thiophene rings is 1. The van der Waals surface area contributed by atoms with Crippen molar-refractivity contribution in [3.05, 3.63) is 188 Å². The monoisotopic (exact) mass is 693 g/mol. The van der Waals surface area contributed by atoms with Gasteiger partial charge in [0.25, 0.3) is 0 Å². The van der Waals surface area contributed by atoms with Crippen LogP contribution in [0.4, 0.5) is 0 Å². The maximum Gasteiger partial charge on any atom is 0.145 e. The molecule has 0 atom stereocenters. The van der Waals surface area contributed by atoms with Crippen LogP contribution < -0.4 is 0 Å². The fourth-order valence-corrected chi connectivity index (χ4v) is 9.41. The molecule has 0 aliphatic carbocycles. The number of aromatic nitrogens is 3. The predicted molar refractivity (Wildman–Crippen MR) is 225 cm³/mol.